The number of rotatable bonds is 1. The van der Waals surface area contributed by atoms with Crippen LogP contribution in [-0.2, 0) is 0 Å². The Morgan fingerprint density at radius 2 is 1.60 bits per heavy atom. The Bertz CT molecular complexity index is 343. The van der Waals surface area contributed by atoms with E-state index in [9.17, 15) is 5.11 Å². The summed E-state index contributed by atoms with van der Waals surface area (Å²) in [5.74, 6) is 4.19. The van der Waals surface area contributed by atoms with Crippen LogP contribution in [0.5, 0.6) is 0 Å². The van der Waals surface area contributed by atoms with Crippen molar-refractivity contribution >= 4 is 0 Å². The van der Waals surface area contributed by atoms with Gasteiger partial charge < -0.3 is 5.11 Å². The Morgan fingerprint density at radius 3 is 2.20 bits per heavy atom. The zero-order valence-electron chi connectivity index (χ0n) is 8.92. The van der Waals surface area contributed by atoms with E-state index in [-0.39, 0.29) is 6.10 Å². The number of hydrogen-bond acceptors (Lipinski definition) is 1. The molecule has 1 nitrogen and oxygen atoms in total. The highest BCUT2D eigenvalue weighted by Crippen LogP contribution is 2.55. The SMILES string of the molecule is O[C@H]1[C@@H]([C@@H]2C[C@H]3C=C[C@@H]2C3)[C@H]2C=C[C@@H]1C2. The summed E-state index contributed by atoms with van der Waals surface area (Å²) in [6, 6.07) is 0. The fraction of sp³-hybridized carbons (Fsp3) is 0.714. The molecule has 1 N–H and O–H groups in total. The summed E-state index contributed by atoms with van der Waals surface area (Å²) < 4.78 is 0. The molecule has 2 fully saturated rings. The fourth-order valence-electron chi connectivity index (χ4n) is 4.67. The third kappa shape index (κ3) is 1.02. The molecule has 2 saturated carbocycles. The van der Waals surface area contributed by atoms with Crippen LogP contribution in [0.1, 0.15) is 19.3 Å². The maximum Gasteiger partial charge on any atom is 0.0639 e. The Labute approximate surface area is 90.9 Å². The van der Waals surface area contributed by atoms with Crippen LogP contribution in [0.2, 0.25) is 0 Å². The molecule has 0 saturated heterocycles. The van der Waals surface area contributed by atoms with Gasteiger partial charge in [-0.2, -0.15) is 0 Å². The van der Waals surface area contributed by atoms with Crippen molar-refractivity contribution in [1.29, 1.82) is 0 Å². The molecule has 4 aliphatic carbocycles. The topological polar surface area (TPSA) is 20.2 Å². The third-order valence-corrected chi connectivity index (χ3v) is 5.30. The highest BCUT2D eigenvalue weighted by atomic mass is 16.3. The van der Waals surface area contributed by atoms with Gasteiger partial charge >= 0.3 is 0 Å². The summed E-state index contributed by atoms with van der Waals surface area (Å²) >= 11 is 0. The number of fused-ring (bicyclic) bond motifs is 4. The highest BCUT2D eigenvalue weighted by molar-refractivity contribution is 5.19. The van der Waals surface area contributed by atoms with Crippen molar-refractivity contribution in [2.75, 3.05) is 0 Å². The van der Waals surface area contributed by atoms with Crippen molar-refractivity contribution in [2.45, 2.75) is 25.4 Å². The van der Waals surface area contributed by atoms with Crippen LogP contribution < -0.4 is 0 Å². The van der Waals surface area contributed by atoms with Gasteiger partial charge in [0, 0.05) is 5.92 Å². The average Bonchev–Trinajstić information content (AvgIpc) is 2.96. The Balaban J connectivity index is 1.64. The quantitative estimate of drug-likeness (QED) is 0.647. The van der Waals surface area contributed by atoms with E-state index in [1.54, 1.807) is 0 Å². The Kier molecular flexibility index (Phi) is 1.58. The van der Waals surface area contributed by atoms with Crippen LogP contribution in [0.3, 0.4) is 0 Å². The normalized spacial score (nSPS) is 59.7. The number of aliphatic hydroxyl groups excluding tert-OH is 1. The largest absolute Gasteiger partial charge is 0.392 e. The summed E-state index contributed by atoms with van der Waals surface area (Å²) in [5, 5.41) is 10.3. The third-order valence-electron chi connectivity index (χ3n) is 5.30. The molecule has 80 valence electrons. The van der Waals surface area contributed by atoms with Crippen molar-refractivity contribution in [2.24, 2.45) is 35.5 Å². The summed E-state index contributed by atoms with van der Waals surface area (Å²) in [5.41, 5.74) is 0. The van der Waals surface area contributed by atoms with Crippen LogP contribution in [0.4, 0.5) is 0 Å². The zero-order chi connectivity index (χ0) is 9.99. The second-order valence-electron chi connectivity index (χ2n) is 5.96. The monoisotopic (exact) mass is 202 g/mol. The molecule has 0 amide bonds. The van der Waals surface area contributed by atoms with Crippen LogP contribution in [0, 0.1) is 35.5 Å². The predicted molar refractivity (Wildman–Crippen MR) is 59.1 cm³/mol. The van der Waals surface area contributed by atoms with E-state index in [1.807, 2.05) is 0 Å². The van der Waals surface area contributed by atoms with Crippen LogP contribution in [0.15, 0.2) is 24.3 Å². The lowest BCUT2D eigenvalue weighted by Gasteiger charge is -2.33. The van der Waals surface area contributed by atoms with Gasteiger partial charge in [-0.3, -0.25) is 0 Å². The van der Waals surface area contributed by atoms with Crippen LogP contribution in [0.25, 0.3) is 0 Å². The molecule has 0 radical (unpaired) electrons. The fourth-order valence-corrected chi connectivity index (χ4v) is 4.67. The zero-order valence-corrected chi connectivity index (χ0v) is 8.92. The highest BCUT2D eigenvalue weighted by Gasteiger charge is 2.51. The first-order valence-electron chi connectivity index (χ1n) is 6.37. The minimum absolute atomic E-state index is 0.0299. The van der Waals surface area contributed by atoms with E-state index in [0.29, 0.717) is 17.8 Å². The predicted octanol–water partition coefficient (Wildman–Crippen LogP) is 2.38. The summed E-state index contributed by atoms with van der Waals surface area (Å²) in [4.78, 5) is 0. The van der Waals surface area contributed by atoms with Gasteiger partial charge in [0.2, 0.25) is 0 Å². The summed E-state index contributed by atoms with van der Waals surface area (Å²) in [6.07, 6.45) is 13.3. The molecule has 4 aliphatic rings. The van der Waals surface area contributed by atoms with Crippen LogP contribution in [-0.4, -0.2) is 11.2 Å². The van der Waals surface area contributed by atoms with Gasteiger partial charge in [0.25, 0.3) is 0 Å². The maximum absolute atomic E-state index is 10.3. The Morgan fingerprint density at radius 1 is 0.800 bits per heavy atom. The van der Waals surface area contributed by atoms with Crippen molar-refractivity contribution in [1.82, 2.24) is 0 Å². The van der Waals surface area contributed by atoms with E-state index < -0.39 is 0 Å². The van der Waals surface area contributed by atoms with Gasteiger partial charge in [0.15, 0.2) is 0 Å². The van der Waals surface area contributed by atoms with Crippen molar-refractivity contribution < 1.29 is 5.11 Å². The second-order valence-corrected chi connectivity index (χ2v) is 5.96. The summed E-state index contributed by atoms with van der Waals surface area (Å²) in [7, 11) is 0. The van der Waals surface area contributed by atoms with Crippen molar-refractivity contribution in [3.63, 3.8) is 0 Å². The van der Waals surface area contributed by atoms with Gasteiger partial charge in [-0.25, -0.2) is 0 Å². The second kappa shape index (κ2) is 2.76. The first-order valence-corrected chi connectivity index (χ1v) is 6.37. The Hall–Kier alpha value is -0.560. The van der Waals surface area contributed by atoms with Gasteiger partial charge in [0.1, 0.15) is 0 Å². The summed E-state index contributed by atoms with van der Waals surface area (Å²) in [6.45, 7) is 0. The van der Waals surface area contributed by atoms with E-state index in [1.165, 1.54) is 19.3 Å². The molecule has 7 atom stereocenters. The molecule has 0 aliphatic heterocycles. The van der Waals surface area contributed by atoms with E-state index in [4.69, 9.17) is 0 Å². The molecule has 4 rings (SSSR count). The van der Waals surface area contributed by atoms with Gasteiger partial charge in [-0.05, 0) is 48.9 Å². The molecule has 4 bridgehead atoms. The van der Waals surface area contributed by atoms with Crippen molar-refractivity contribution in [3.8, 4) is 0 Å². The maximum atomic E-state index is 10.3. The molecule has 0 heterocycles. The van der Waals surface area contributed by atoms with Gasteiger partial charge in [0.05, 0.1) is 6.10 Å². The number of aliphatic hydroxyl groups is 1. The molecule has 0 aromatic rings. The van der Waals surface area contributed by atoms with Crippen molar-refractivity contribution in [3.05, 3.63) is 24.3 Å². The molecule has 1 heteroatoms. The molecular weight excluding hydrogens is 184 g/mol. The molecule has 0 aromatic carbocycles. The van der Waals surface area contributed by atoms with E-state index in [0.717, 1.165) is 17.8 Å². The molecule has 0 spiro atoms. The molecular formula is C14H18O. The number of hydrogen-bond donors (Lipinski definition) is 1. The van der Waals surface area contributed by atoms with Crippen LogP contribution >= 0.6 is 0 Å². The minimum atomic E-state index is -0.0299. The first-order chi connectivity index (χ1) is 7.33. The molecule has 0 unspecified atom stereocenters. The lowest BCUT2D eigenvalue weighted by atomic mass is 9.74. The number of allylic oxidation sites excluding steroid dienone is 3. The van der Waals surface area contributed by atoms with Gasteiger partial charge in [-0.1, -0.05) is 24.3 Å². The minimum Gasteiger partial charge on any atom is -0.392 e. The smallest absolute Gasteiger partial charge is 0.0639 e. The lowest BCUT2D eigenvalue weighted by molar-refractivity contribution is 0.0548. The standard InChI is InChI=1S/C14H18O/c15-14-11-4-3-10(7-11)13(14)12-6-8-1-2-9(12)5-8/h1-4,8-15H,5-7H2/t8-,9+,10-,11+,12+,13+,14+/m0/s1. The average molecular weight is 202 g/mol. The van der Waals surface area contributed by atoms with E-state index in [2.05, 4.69) is 24.3 Å². The lowest BCUT2D eigenvalue weighted by Crippen LogP contribution is -2.33. The van der Waals surface area contributed by atoms with E-state index >= 15 is 0 Å². The molecule has 0 aromatic heterocycles. The first kappa shape index (κ1) is 8.58. The van der Waals surface area contributed by atoms with Gasteiger partial charge in [-0.15, -0.1) is 0 Å². The molecule has 15 heavy (non-hydrogen) atoms.